The molecule has 1 unspecified atom stereocenters. The van der Waals surface area contributed by atoms with E-state index in [2.05, 4.69) is 145 Å². The van der Waals surface area contributed by atoms with Crippen LogP contribution in [-0.4, -0.2) is 11.0 Å². The molecule has 0 N–H and O–H groups in total. The first-order valence-corrected chi connectivity index (χ1v) is 18.5. The fraction of sp³-hybridized carbons (Fsp3) is 0.122. The molecule has 0 saturated heterocycles. The molecule has 3 aliphatic carbocycles. The van der Waals surface area contributed by atoms with Crippen molar-refractivity contribution in [2.45, 2.75) is 38.1 Å². The van der Waals surface area contributed by atoms with E-state index in [9.17, 15) is 0 Å². The van der Waals surface area contributed by atoms with Crippen LogP contribution in [-0.2, 0) is 6.42 Å². The van der Waals surface area contributed by atoms with Gasteiger partial charge in [0.15, 0.2) is 0 Å². The van der Waals surface area contributed by atoms with Gasteiger partial charge >= 0.3 is 0 Å². The van der Waals surface area contributed by atoms with E-state index in [0.29, 0.717) is 0 Å². The van der Waals surface area contributed by atoms with E-state index in [1.54, 1.807) is 0 Å². The van der Waals surface area contributed by atoms with Gasteiger partial charge in [-0.2, -0.15) is 0 Å². The minimum atomic E-state index is 0.0920. The molecule has 0 aliphatic heterocycles. The van der Waals surface area contributed by atoms with Gasteiger partial charge in [-0.25, -0.2) is 0 Å². The summed E-state index contributed by atoms with van der Waals surface area (Å²) in [5, 5.41) is 4.48. The van der Waals surface area contributed by atoms with Crippen LogP contribution in [0.25, 0.3) is 61.1 Å². The van der Waals surface area contributed by atoms with E-state index < -0.39 is 0 Å². The first kappa shape index (κ1) is 30.6. The molecule has 2 heterocycles. The Morgan fingerprint density at radius 3 is 2.25 bits per heavy atom. The largest absolute Gasteiger partial charge is 0.456 e. The third-order valence-electron chi connectivity index (χ3n) is 11.0. The van der Waals surface area contributed by atoms with Gasteiger partial charge in [-0.1, -0.05) is 121 Å². The molecule has 0 bridgehead atoms. The van der Waals surface area contributed by atoms with Crippen molar-refractivity contribution < 1.29 is 4.42 Å². The molecular formula is C49H38N2O. The lowest BCUT2D eigenvalue weighted by atomic mass is 9.88. The number of aromatic nitrogens is 1. The number of fused-ring (bicyclic) bond motifs is 5. The number of rotatable bonds is 6. The van der Waals surface area contributed by atoms with Crippen LogP contribution in [0.1, 0.15) is 47.9 Å². The molecule has 7 aromatic rings. The summed E-state index contributed by atoms with van der Waals surface area (Å²) in [4.78, 5) is 7.30. The molecular weight excluding hydrogens is 633 g/mol. The van der Waals surface area contributed by atoms with Gasteiger partial charge < -0.3 is 9.32 Å². The molecule has 0 fully saturated rings. The van der Waals surface area contributed by atoms with Gasteiger partial charge in [-0.05, 0) is 107 Å². The maximum absolute atomic E-state index is 6.29. The van der Waals surface area contributed by atoms with Gasteiger partial charge in [0.05, 0.1) is 17.9 Å². The number of hydrogen-bond donors (Lipinski definition) is 0. The zero-order valence-corrected chi connectivity index (χ0v) is 29.0. The Kier molecular flexibility index (Phi) is 7.57. The molecule has 3 aliphatic rings. The number of para-hydroxylation sites is 1. The molecule has 250 valence electrons. The van der Waals surface area contributed by atoms with Crippen molar-refractivity contribution in [2.75, 3.05) is 4.90 Å². The second-order valence-corrected chi connectivity index (χ2v) is 14.1. The Morgan fingerprint density at radius 1 is 0.615 bits per heavy atom. The highest BCUT2D eigenvalue weighted by Crippen LogP contribution is 2.41. The second-order valence-electron chi connectivity index (χ2n) is 14.1. The van der Waals surface area contributed by atoms with Gasteiger partial charge in [0, 0.05) is 33.4 Å². The SMILES string of the molecule is C1=CC(c2ccccc2C2=CCC(N(c3ccc(-c4cccc5c4CCC=C5)cc3)c3cncc4cc5oc6ccccc6c5cc34)C=C2)=CCC1. The third kappa shape index (κ3) is 5.32. The topological polar surface area (TPSA) is 29.3 Å². The van der Waals surface area contributed by atoms with Crippen LogP contribution in [0.5, 0.6) is 0 Å². The average Bonchev–Trinajstić information content (AvgIpc) is 3.58. The highest BCUT2D eigenvalue weighted by Gasteiger charge is 2.24. The monoisotopic (exact) mass is 670 g/mol. The van der Waals surface area contributed by atoms with E-state index in [1.807, 2.05) is 24.5 Å². The summed E-state index contributed by atoms with van der Waals surface area (Å²) in [5.41, 5.74) is 14.5. The van der Waals surface area contributed by atoms with E-state index in [-0.39, 0.29) is 6.04 Å². The molecule has 0 radical (unpaired) electrons. The number of furan rings is 1. The lowest BCUT2D eigenvalue weighted by Crippen LogP contribution is -2.30. The fourth-order valence-corrected chi connectivity index (χ4v) is 8.42. The quantitative estimate of drug-likeness (QED) is 0.176. The van der Waals surface area contributed by atoms with Crippen LogP contribution in [0.15, 0.2) is 162 Å². The highest BCUT2D eigenvalue weighted by atomic mass is 16.3. The van der Waals surface area contributed by atoms with Crippen LogP contribution >= 0.6 is 0 Å². The van der Waals surface area contributed by atoms with Crippen LogP contribution in [0.2, 0.25) is 0 Å². The zero-order valence-electron chi connectivity index (χ0n) is 29.0. The number of allylic oxidation sites excluding steroid dienone is 7. The van der Waals surface area contributed by atoms with Crippen molar-refractivity contribution in [3.05, 3.63) is 180 Å². The minimum absolute atomic E-state index is 0.0920. The Hall–Kier alpha value is -6.19. The Morgan fingerprint density at radius 2 is 1.42 bits per heavy atom. The van der Waals surface area contributed by atoms with Crippen molar-refractivity contribution in [3.8, 4) is 11.1 Å². The smallest absolute Gasteiger partial charge is 0.136 e. The van der Waals surface area contributed by atoms with Crippen molar-refractivity contribution >= 4 is 61.3 Å². The van der Waals surface area contributed by atoms with E-state index in [4.69, 9.17) is 9.40 Å². The van der Waals surface area contributed by atoms with Crippen molar-refractivity contribution in [1.29, 1.82) is 0 Å². The van der Waals surface area contributed by atoms with Crippen molar-refractivity contribution in [3.63, 3.8) is 0 Å². The number of nitrogens with zero attached hydrogens (tertiary/aromatic N) is 2. The zero-order chi connectivity index (χ0) is 34.4. The molecule has 0 amide bonds. The van der Waals surface area contributed by atoms with E-state index >= 15 is 0 Å². The lowest BCUT2D eigenvalue weighted by Gasteiger charge is -2.34. The number of hydrogen-bond acceptors (Lipinski definition) is 3. The summed E-state index contributed by atoms with van der Waals surface area (Å²) >= 11 is 0. The van der Waals surface area contributed by atoms with E-state index in [1.165, 1.54) is 44.5 Å². The Labute approximate surface area is 304 Å². The van der Waals surface area contributed by atoms with Gasteiger partial charge in [0.2, 0.25) is 0 Å². The minimum Gasteiger partial charge on any atom is -0.456 e. The van der Waals surface area contributed by atoms with Gasteiger partial charge in [0.1, 0.15) is 11.2 Å². The van der Waals surface area contributed by atoms with Gasteiger partial charge in [0.25, 0.3) is 0 Å². The standard InChI is InChI=1S/C49H38N2O/c1-2-11-33(12-3-1)40-16-6-7-17-42(40)35-21-25-38(26-22-35)51(39-27-23-36(24-28-39)43-19-10-14-34-13-4-5-15-41(34)43)47-32-50-31-37-29-49-46(30-45(37)47)44-18-8-9-20-48(44)52-49/h2,4,6-14,16-25,27-32,38H,1,3,5,15,26H2. The van der Waals surface area contributed by atoms with Crippen LogP contribution in [0.3, 0.4) is 0 Å². The molecule has 5 aromatic carbocycles. The molecule has 0 spiro atoms. The molecule has 1 atom stereocenters. The summed E-state index contributed by atoms with van der Waals surface area (Å²) in [6, 6.07) is 37.5. The van der Waals surface area contributed by atoms with E-state index in [0.717, 1.165) is 76.2 Å². The predicted octanol–water partition coefficient (Wildman–Crippen LogP) is 13.0. The van der Waals surface area contributed by atoms with Gasteiger partial charge in [-0.3, -0.25) is 4.98 Å². The average molecular weight is 671 g/mol. The first-order valence-electron chi connectivity index (χ1n) is 18.5. The maximum Gasteiger partial charge on any atom is 0.136 e. The van der Waals surface area contributed by atoms with Gasteiger partial charge in [-0.15, -0.1) is 0 Å². The van der Waals surface area contributed by atoms with Crippen molar-refractivity contribution in [1.82, 2.24) is 4.98 Å². The Bertz CT molecular complexity index is 2670. The number of anilines is 2. The van der Waals surface area contributed by atoms with Crippen LogP contribution in [0, 0.1) is 0 Å². The lowest BCUT2D eigenvalue weighted by molar-refractivity contribution is 0.669. The first-order chi connectivity index (χ1) is 25.8. The number of benzene rings is 5. The van der Waals surface area contributed by atoms with Crippen molar-refractivity contribution in [2.24, 2.45) is 0 Å². The fourth-order valence-electron chi connectivity index (χ4n) is 8.42. The summed E-state index contributed by atoms with van der Waals surface area (Å²) in [6.07, 6.45) is 27.8. The Balaban J connectivity index is 1.08. The highest BCUT2D eigenvalue weighted by molar-refractivity contribution is 6.12. The molecule has 2 aromatic heterocycles. The summed E-state index contributed by atoms with van der Waals surface area (Å²) in [5.74, 6) is 0. The summed E-state index contributed by atoms with van der Waals surface area (Å²) in [7, 11) is 0. The summed E-state index contributed by atoms with van der Waals surface area (Å²) in [6.45, 7) is 0. The molecule has 3 heteroatoms. The third-order valence-corrected chi connectivity index (χ3v) is 11.0. The molecule has 3 nitrogen and oxygen atoms in total. The summed E-state index contributed by atoms with van der Waals surface area (Å²) < 4.78 is 6.29. The number of pyridine rings is 1. The predicted molar refractivity (Wildman–Crippen MR) is 219 cm³/mol. The van der Waals surface area contributed by atoms with Crippen LogP contribution in [0.4, 0.5) is 11.4 Å². The van der Waals surface area contributed by atoms with Crippen LogP contribution < -0.4 is 4.90 Å². The molecule has 52 heavy (non-hydrogen) atoms. The maximum atomic E-state index is 6.29. The second kappa shape index (κ2) is 12.9. The molecule has 10 rings (SSSR count). The molecule has 0 saturated carbocycles. The normalized spacial score (nSPS) is 16.7.